The predicted molar refractivity (Wildman–Crippen MR) is 149 cm³/mol. The van der Waals surface area contributed by atoms with Crippen molar-refractivity contribution >= 4 is 62.2 Å². The highest BCUT2D eigenvalue weighted by atomic mass is 79.9. The lowest BCUT2D eigenvalue weighted by atomic mass is 10.1. The number of hydrogen-bond acceptors (Lipinski definition) is 4. The molecule has 36 heavy (non-hydrogen) atoms. The van der Waals surface area contributed by atoms with Gasteiger partial charge in [0.1, 0.15) is 5.82 Å². The number of carbonyl (C=O) groups is 1. The van der Waals surface area contributed by atoms with E-state index < -0.39 is 0 Å². The standard InChI is InChI=1S/C27H20BrCl2N5O/c28-22-16-32-35-25(14-24(34-27(22)35)21-6-1-2-7-23(21)30)31-15-17-8-10-20(11-9-17)33-26(36)13-18-4-3-5-19(29)12-18/h1-12,14,16,31H,13,15H2,(H,33,36). The van der Waals surface area contributed by atoms with E-state index in [2.05, 4.69) is 31.7 Å². The molecule has 2 N–H and O–H groups in total. The van der Waals surface area contributed by atoms with Crippen LogP contribution in [0.3, 0.4) is 0 Å². The second kappa shape index (κ2) is 10.7. The van der Waals surface area contributed by atoms with Crippen molar-refractivity contribution in [3.05, 3.63) is 111 Å². The van der Waals surface area contributed by atoms with Crippen LogP contribution >= 0.6 is 39.1 Å². The molecule has 6 nitrogen and oxygen atoms in total. The van der Waals surface area contributed by atoms with Crippen LogP contribution in [-0.2, 0) is 17.8 Å². The molecule has 0 unspecified atom stereocenters. The summed E-state index contributed by atoms with van der Waals surface area (Å²) in [5.74, 6) is 0.679. The Morgan fingerprint density at radius 1 is 0.944 bits per heavy atom. The van der Waals surface area contributed by atoms with Gasteiger partial charge in [-0.2, -0.15) is 9.61 Å². The Morgan fingerprint density at radius 2 is 1.75 bits per heavy atom. The molecule has 3 aromatic carbocycles. The van der Waals surface area contributed by atoms with Gasteiger partial charge in [0.25, 0.3) is 0 Å². The zero-order valence-electron chi connectivity index (χ0n) is 18.9. The number of hydrogen-bond donors (Lipinski definition) is 2. The molecular weight excluding hydrogens is 561 g/mol. The largest absolute Gasteiger partial charge is 0.366 e. The van der Waals surface area contributed by atoms with Gasteiger partial charge < -0.3 is 10.6 Å². The van der Waals surface area contributed by atoms with E-state index >= 15 is 0 Å². The second-order valence-electron chi connectivity index (χ2n) is 8.14. The Kier molecular flexibility index (Phi) is 7.23. The van der Waals surface area contributed by atoms with Gasteiger partial charge in [0.15, 0.2) is 5.65 Å². The molecule has 0 fully saturated rings. The van der Waals surface area contributed by atoms with Gasteiger partial charge in [0, 0.05) is 33.9 Å². The van der Waals surface area contributed by atoms with Crippen molar-refractivity contribution in [1.82, 2.24) is 14.6 Å². The number of halogens is 3. The summed E-state index contributed by atoms with van der Waals surface area (Å²) < 4.78 is 2.53. The lowest BCUT2D eigenvalue weighted by Crippen LogP contribution is -2.14. The van der Waals surface area contributed by atoms with Gasteiger partial charge in [-0.25, -0.2) is 4.98 Å². The van der Waals surface area contributed by atoms with Crippen LogP contribution in [0.4, 0.5) is 11.5 Å². The number of nitrogens with one attached hydrogen (secondary N) is 2. The van der Waals surface area contributed by atoms with Gasteiger partial charge in [-0.3, -0.25) is 4.79 Å². The van der Waals surface area contributed by atoms with Crippen molar-refractivity contribution in [2.45, 2.75) is 13.0 Å². The van der Waals surface area contributed by atoms with Crippen LogP contribution in [-0.4, -0.2) is 20.5 Å². The quantitative estimate of drug-likeness (QED) is 0.212. The Bertz CT molecular complexity index is 1550. The molecule has 0 aliphatic carbocycles. The number of anilines is 2. The molecule has 2 heterocycles. The molecule has 180 valence electrons. The van der Waals surface area contributed by atoms with Gasteiger partial charge >= 0.3 is 0 Å². The Labute approximate surface area is 226 Å². The fourth-order valence-electron chi connectivity index (χ4n) is 3.80. The fraction of sp³-hybridized carbons (Fsp3) is 0.0741. The molecule has 9 heteroatoms. The average Bonchev–Trinajstić information content (AvgIpc) is 3.24. The number of benzene rings is 3. The molecule has 5 rings (SSSR count). The van der Waals surface area contributed by atoms with E-state index in [0.717, 1.165) is 38.4 Å². The van der Waals surface area contributed by atoms with E-state index in [1.54, 1.807) is 22.8 Å². The molecule has 0 aliphatic heterocycles. The van der Waals surface area contributed by atoms with Crippen molar-refractivity contribution in [3.63, 3.8) is 0 Å². The number of aromatic nitrogens is 3. The number of fused-ring (bicyclic) bond motifs is 1. The van der Waals surface area contributed by atoms with Crippen LogP contribution in [0, 0.1) is 0 Å². The lowest BCUT2D eigenvalue weighted by molar-refractivity contribution is -0.115. The third kappa shape index (κ3) is 5.54. The highest BCUT2D eigenvalue weighted by Crippen LogP contribution is 2.30. The summed E-state index contributed by atoms with van der Waals surface area (Å²) in [5, 5.41) is 12.0. The highest BCUT2D eigenvalue weighted by Gasteiger charge is 2.13. The van der Waals surface area contributed by atoms with E-state index in [1.807, 2.05) is 66.7 Å². The van der Waals surface area contributed by atoms with E-state index in [1.165, 1.54) is 0 Å². The number of amides is 1. The Hall–Kier alpha value is -3.39. The number of rotatable bonds is 7. The lowest BCUT2D eigenvalue weighted by Gasteiger charge is -2.12. The third-order valence-electron chi connectivity index (χ3n) is 5.54. The molecule has 1 amide bonds. The SMILES string of the molecule is O=C(Cc1cccc(Cl)c1)Nc1ccc(CNc2cc(-c3ccccc3Cl)nc3c(Br)cnn23)cc1. The first-order valence-electron chi connectivity index (χ1n) is 11.1. The zero-order chi connectivity index (χ0) is 25.1. The van der Waals surface area contributed by atoms with Gasteiger partial charge in [0.2, 0.25) is 5.91 Å². The van der Waals surface area contributed by atoms with Crippen LogP contribution in [0.1, 0.15) is 11.1 Å². The van der Waals surface area contributed by atoms with E-state index in [9.17, 15) is 4.79 Å². The first-order valence-corrected chi connectivity index (χ1v) is 12.7. The summed E-state index contributed by atoms with van der Waals surface area (Å²) >= 11 is 16.0. The van der Waals surface area contributed by atoms with Crippen LogP contribution in [0.2, 0.25) is 10.0 Å². The summed E-state index contributed by atoms with van der Waals surface area (Å²) in [6, 6.07) is 24.5. The zero-order valence-corrected chi connectivity index (χ0v) is 22.0. The van der Waals surface area contributed by atoms with Gasteiger partial charge in [-0.05, 0) is 57.4 Å². The molecule has 5 aromatic rings. The molecule has 0 saturated heterocycles. The van der Waals surface area contributed by atoms with Crippen LogP contribution < -0.4 is 10.6 Å². The Morgan fingerprint density at radius 3 is 2.53 bits per heavy atom. The highest BCUT2D eigenvalue weighted by molar-refractivity contribution is 9.10. The molecular formula is C27H20BrCl2N5O. The van der Waals surface area contributed by atoms with Crippen molar-refractivity contribution < 1.29 is 4.79 Å². The molecule has 0 aliphatic rings. The van der Waals surface area contributed by atoms with Crippen LogP contribution in [0.5, 0.6) is 0 Å². The van der Waals surface area contributed by atoms with E-state index in [0.29, 0.717) is 22.2 Å². The van der Waals surface area contributed by atoms with Gasteiger partial charge in [-0.1, -0.05) is 65.7 Å². The molecule has 2 aromatic heterocycles. The maximum atomic E-state index is 12.4. The monoisotopic (exact) mass is 579 g/mol. The van der Waals surface area contributed by atoms with Crippen molar-refractivity contribution in [3.8, 4) is 11.3 Å². The first-order chi connectivity index (χ1) is 17.5. The van der Waals surface area contributed by atoms with Crippen LogP contribution in [0.25, 0.3) is 16.9 Å². The molecule has 0 radical (unpaired) electrons. The maximum absolute atomic E-state index is 12.4. The summed E-state index contributed by atoms with van der Waals surface area (Å²) in [6.45, 7) is 0.551. The van der Waals surface area contributed by atoms with Crippen molar-refractivity contribution in [1.29, 1.82) is 0 Å². The maximum Gasteiger partial charge on any atom is 0.228 e. The summed E-state index contributed by atoms with van der Waals surface area (Å²) in [7, 11) is 0. The second-order valence-corrected chi connectivity index (χ2v) is 9.84. The molecule has 0 spiro atoms. The fourth-order valence-corrected chi connectivity index (χ4v) is 4.60. The summed E-state index contributed by atoms with van der Waals surface area (Å²) in [4.78, 5) is 17.1. The smallest absolute Gasteiger partial charge is 0.228 e. The summed E-state index contributed by atoms with van der Waals surface area (Å²) in [5.41, 5.74) is 4.91. The van der Waals surface area contributed by atoms with Crippen LogP contribution in [0.15, 0.2) is 89.5 Å². The first kappa shape index (κ1) is 24.3. The van der Waals surface area contributed by atoms with Gasteiger partial charge in [-0.15, -0.1) is 0 Å². The third-order valence-corrected chi connectivity index (χ3v) is 6.67. The number of nitrogens with zero attached hydrogens (tertiary/aromatic N) is 3. The minimum atomic E-state index is -0.0984. The summed E-state index contributed by atoms with van der Waals surface area (Å²) in [6.07, 6.45) is 1.97. The normalized spacial score (nSPS) is 11.0. The van der Waals surface area contributed by atoms with Gasteiger partial charge in [0.05, 0.1) is 22.8 Å². The minimum absolute atomic E-state index is 0.0984. The Balaban J connectivity index is 1.29. The topological polar surface area (TPSA) is 71.3 Å². The van der Waals surface area contributed by atoms with E-state index in [4.69, 9.17) is 28.2 Å². The van der Waals surface area contributed by atoms with Crippen molar-refractivity contribution in [2.75, 3.05) is 10.6 Å². The molecule has 0 saturated carbocycles. The average molecular weight is 581 g/mol. The minimum Gasteiger partial charge on any atom is -0.366 e. The molecule has 0 atom stereocenters. The van der Waals surface area contributed by atoms with E-state index in [-0.39, 0.29) is 12.3 Å². The number of carbonyl (C=O) groups excluding carboxylic acids is 1. The predicted octanol–water partition coefficient (Wildman–Crippen LogP) is 7.26. The molecule has 0 bridgehead atoms. The van der Waals surface area contributed by atoms with Crippen molar-refractivity contribution in [2.24, 2.45) is 0 Å².